The first-order valence-electron chi connectivity index (χ1n) is 10.6. The van der Waals surface area contributed by atoms with Crippen LogP contribution in [0, 0.1) is 0 Å². The van der Waals surface area contributed by atoms with E-state index in [0.29, 0.717) is 19.0 Å². The number of hydrogen-bond donors (Lipinski definition) is 0. The molecule has 0 spiro atoms. The van der Waals surface area contributed by atoms with E-state index in [0.717, 1.165) is 5.56 Å². The summed E-state index contributed by atoms with van der Waals surface area (Å²) >= 11 is 0. The molecule has 0 bridgehead atoms. The zero-order valence-electron chi connectivity index (χ0n) is 17.8. The Balaban J connectivity index is 1.64. The maximum absolute atomic E-state index is 6.45. The van der Waals surface area contributed by atoms with Crippen LogP contribution in [-0.4, -0.2) is 30.9 Å². The van der Waals surface area contributed by atoms with Gasteiger partial charge in [0.1, 0.15) is 12.7 Å². The van der Waals surface area contributed by atoms with Crippen LogP contribution in [0.2, 0.25) is 0 Å². The minimum Gasteiger partial charge on any atom is -0.477 e. The normalized spacial score (nSPS) is 22.4. The van der Waals surface area contributed by atoms with Crippen LogP contribution in [0.1, 0.15) is 25.5 Å². The molecule has 31 heavy (non-hydrogen) atoms. The highest BCUT2D eigenvalue weighted by Gasteiger charge is 2.47. The zero-order chi connectivity index (χ0) is 21.3. The summed E-state index contributed by atoms with van der Waals surface area (Å²) in [6.45, 7) is 5.18. The van der Waals surface area contributed by atoms with Crippen LogP contribution < -0.4 is 15.9 Å². The van der Waals surface area contributed by atoms with Gasteiger partial charge in [-0.1, -0.05) is 84.9 Å². The summed E-state index contributed by atoms with van der Waals surface area (Å²) in [7, 11) is -0.761. The largest absolute Gasteiger partial charge is 0.477 e. The van der Waals surface area contributed by atoms with Crippen LogP contribution >= 0.6 is 7.92 Å². The summed E-state index contributed by atoms with van der Waals surface area (Å²) in [6, 6.07) is 30.0. The topological polar surface area (TPSA) is 40.0 Å². The number of ether oxygens (including phenoxy) is 3. The second kappa shape index (κ2) is 8.55. The Hall–Kier alpha value is -2.52. The van der Waals surface area contributed by atoms with Crippen molar-refractivity contribution in [3.8, 4) is 0 Å². The molecule has 1 saturated heterocycles. The van der Waals surface area contributed by atoms with Crippen LogP contribution in [0.4, 0.5) is 0 Å². The molecule has 0 radical (unpaired) electrons. The third kappa shape index (κ3) is 4.16. The molecule has 0 aliphatic carbocycles. The maximum atomic E-state index is 6.45. The van der Waals surface area contributed by atoms with E-state index in [2.05, 4.69) is 89.9 Å². The molecule has 158 valence electrons. The average molecular weight is 431 g/mol. The van der Waals surface area contributed by atoms with Gasteiger partial charge in [0, 0.05) is 0 Å². The minimum absolute atomic E-state index is 0.277. The number of aliphatic imine (C=N–C) groups is 1. The minimum atomic E-state index is -0.761. The van der Waals surface area contributed by atoms with Crippen molar-refractivity contribution in [3.63, 3.8) is 0 Å². The molecule has 3 aromatic rings. The van der Waals surface area contributed by atoms with Crippen LogP contribution in [0.5, 0.6) is 0 Å². The van der Waals surface area contributed by atoms with Gasteiger partial charge in [-0.2, -0.15) is 0 Å². The average Bonchev–Trinajstić information content (AvgIpc) is 3.43. The highest BCUT2D eigenvalue weighted by atomic mass is 31.1. The van der Waals surface area contributed by atoms with Crippen molar-refractivity contribution in [2.75, 3.05) is 13.2 Å². The third-order valence-corrected chi connectivity index (χ3v) is 7.98. The fraction of sp³-hybridized carbons (Fsp3) is 0.269. The summed E-state index contributed by atoms with van der Waals surface area (Å²) in [6.07, 6.45) is -0.623. The second-order valence-corrected chi connectivity index (χ2v) is 10.3. The second-order valence-electron chi connectivity index (χ2n) is 8.11. The Labute approximate surface area is 184 Å². The first-order chi connectivity index (χ1) is 15.1. The first kappa shape index (κ1) is 20.4. The quantitative estimate of drug-likeness (QED) is 0.572. The number of benzene rings is 3. The highest BCUT2D eigenvalue weighted by molar-refractivity contribution is 7.79. The lowest BCUT2D eigenvalue weighted by Crippen LogP contribution is -2.31. The molecule has 5 heteroatoms. The first-order valence-corrected chi connectivity index (χ1v) is 12.0. The molecule has 4 nitrogen and oxygen atoms in total. The highest BCUT2D eigenvalue weighted by Crippen LogP contribution is 2.43. The molecule has 2 heterocycles. The van der Waals surface area contributed by atoms with Crippen molar-refractivity contribution in [1.82, 2.24) is 0 Å². The SMILES string of the molecule is CC1(C)O[C@H](c2ccccc2P(c2ccccc2)c2ccccc2)[C@H](C2=NCCO2)O1. The van der Waals surface area contributed by atoms with Crippen LogP contribution in [0.3, 0.4) is 0 Å². The lowest BCUT2D eigenvalue weighted by Gasteiger charge is -2.26. The summed E-state index contributed by atoms with van der Waals surface area (Å²) in [5.74, 6) is -0.0618. The summed E-state index contributed by atoms with van der Waals surface area (Å²) in [5.41, 5.74) is 1.13. The van der Waals surface area contributed by atoms with Gasteiger partial charge in [0.05, 0.1) is 6.54 Å². The van der Waals surface area contributed by atoms with Crippen molar-refractivity contribution in [2.24, 2.45) is 4.99 Å². The summed E-state index contributed by atoms with van der Waals surface area (Å²) in [4.78, 5) is 4.54. The van der Waals surface area contributed by atoms with E-state index in [1.165, 1.54) is 15.9 Å². The van der Waals surface area contributed by atoms with E-state index in [-0.39, 0.29) is 12.2 Å². The van der Waals surface area contributed by atoms with Gasteiger partial charge < -0.3 is 14.2 Å². The Morgan fingerprint density at radius 2 is 1.35 bits per heavy atom. The predicted molar refractivity (Wildman–Crippen MR) is 126 cm³/mol. The van der Waals surface area contributed by atoms with Gasteiger partial charge in [0.2, 0.25) is 5.90 Å². The van der Waals surface area contributed by atoms with Crippen molar-refractivity contribution < 1.29 is 14.2 Å². The van der Waals surface area contributed by atoms with Gasteiger partial charge in [-0.25, -0.2) is 4.99 Å². The Kier molecular flexibility index (Phi) is 5.62. The molecule has 2 atom stereocenters. The maximum Gasteiger partial charge on any atom is 0.216 e. The zero-order valence-corrected chi connectivity index (χ0v) is 18.7. The smallest absolute Gasteiger partial charge is 0.216 e. The van der Waals surface area contributed by atoms with Crippen LogP contribution in [0.15, 0.2) is 89.9 Å². The van der Waals surface area contributed by atoms with Crippen LogP contribution in [-0.2, 0) is 14.2 Å². The molecule has 2 aliphatic heterocycles. The lowest BCUT2D eigenvalue weighted by molar-refractivity contribution is -0.143. The van der Waals surface area contributed by atoms with E-state index in [9.17, 15) is 0 Å². The van der Waals surface area contributed by atoms with Crippen molar-refractivity contribution in [3.05, 3.63) is 90.5 Å². The van der Waals surface area contributed by atoms with E-state index in [1.807, 2.05) is 13.8 Å². The molecule has 0 saturated carbocycles. The van der Waals surface area contributed by atoms with Gasteiger partial charge in [-0.3, -0.25) is 0 Å². The molecular weight excluding hydrogens is 405 g/mol. The van der Waals surface area contributed by atoms with Crippen molar-refractivity contribution in [2.45, 2.75) is 31.8 Å². The van der Waals surface area contributed by atoms with Gasteiger partial charge in [-0.15, -0.1) is 0 Å². The number of nitrogens with zero attached hydrogens (tertiary/aromatic N) is 1. The van der Waals surface area contributed by atoms with Gasteiger partial charge in [-0.05, 0) is 43.2 Å². The molecule has 1 fully saturated rings. The van der Waals surface area contributed by atoms with E-state index < -0.39 is 13.7 Å². The molecule has 3 aromatic carbocycles. The third-order valence-electron chi connectivity index (χ3n) is 5.46. The monoisotopic (exact) mass is 431 g/mol. The van der Waals surface area contributed by atoms with Crippen LogP contribution in [0.25, 0.3) is 0 Å². The van der Waals surface area contributed by atoms with Gasteiger partial charge >= 0.3 is 0 Å². The fourth-order valence-electron chi connectivity index (χ4n) is 4.21. The summed E-state index contributed by atoms with van der Waals surface area (Å²) in [5, 5.41) is 3.88. The summed E-state index contributed by atoms with van der Waals surface area (Å²) < 4.78 is 18.5. The fourth-order valence-corrected chi connectivity index (χ4v) is 6.70. The van der Waals surface area contributed by atoms with Gasteiger partial charge in [0.25, 0.3) is 0 Å². The van der Waals surface area contributed by atoms with Crippen molar-refractivity contribution in [1.29, 1.82) is 0 Å². The molecule has 0 amide bonds. The Morgan fingerprint density at radius 3 is 1.97 bits per heavy atom. The number of hydrogen-bond acceptors (Lipinski definition) is 4. The van der Waals surface area contributed by atoms with Crippen molar-refractivity contribution >= 4 is 29.7 Å². The van der Waals surface area contributed by atoms with E-state index in [4.69, 9.17) is 14.2 Å². The molecular formula is C26H26NO3P. The number of rotatable bonds is 5. The molecule has 2 aliphatic rings. The molecule has 0 unspecified atom stereocenters. The standard InChI is InChI=1S/C26H26NO3P/c1-26(2)29-23(24(30-26)25-27-17-18-28-25)21-15-9-10-16-22(21)31(19-11-5-3-6-12-19)20-13-7-4-8-14-20/h3-16,23-24H,17-18H2,1-2H3/t23-,24-/m1/s1. The van der Waals surface area contributed by atoms with E-state index in [1.54, 1.807) is 0 Å². The van der Waals surface area contributed by atoms with E-state index >= 15 is 0 Å². The molecule has 0 N–H and O–H groups in total. The molecule has 0 aromatic heterocycles. The van der Waals surface area contributed by atoms with Gasteiger partial charge in [0.15, 0.2) is 11.9 Å². The predicted octanol–water partition coefficient (Wildman–Crippen LogP) is 4.07. The lowest BCUT2D eigenvalue weighted by atomic mass is 10.0. The molecule has 5 rings (SSSR count). The Morgan fingerprint density at radius 1 is 0.774 bits per heavy atom. The Bertz CT molecular complexity index is 1030.